The topological polar surface area (TPSA) is 79.9 Å². The monoisotopic (exact) mass is 459 g/mol. The number of benzene rings is 3. The van der Waals surface area contributed by atoms with Crippen LogP contribution in [0.2, 0.25) is 0 Å². The van der Waals surface area contributed by atoms with Gasteiger partial charge in [0.15, 0.2) is 0 Å². The number of nitrogens with one attached hydrogen (secondary N) is 2. The zero-order chi connectivity index (χ0) is 23.9. The first-order valence-electron chi connectivity index (χ1n) is 11.4. The first kappa shape index (κ1) is 23.3. The van der Waals surface area contributed by atoms with E-state index < -0.39 is 0 Å². The van der Waals surface area contributed by atoms with Crippen molar-refractivity contribution in [3.63, 3.8) is 0 Å². The van der Waals surface area contributed by atoms with Crippen LogP contribution in [-0.4, -0.2) is 48.6 Å². The van der Waals surface area contributed by atoms with Gasteiger partial charge in [-0.1, -0.05) is 24.3 Å². The zero-order valence-electron chi connectivity index (χ0n) is 19.4. The van der Waals surface area contributed by atoms with Crippen LogP contribution in [0.15, 0.2) is 78.9 Å². The van der Waals surface area contributed by atoms with Crippen LogP contribution >= 0.6 is 0 Å². The van der Waals surface area contributed by atoms with Crippen molar-refractivity contribution in [2.45, 2.75) is 26.1 Å². The minimum absolute atomic E-state index is 0.0103. The summed E-state index contributed by atoms with van der Waals surface area (Å²) in [5.41, 5.74) is 2.03. The number of para-hydroxylation sites is 1. The van der Waals surface area contributed by atoms with E-state index in [0.29, 0.717) is 30.1 Å². The maximum absolute atomic E-state index is 12.8. The van der Waals surface area contributed by atoms with Crippen LogP contribution < -0.4 is 15.4 Å². The van der Waals surface area contributed by atoms with Crippen LogP contribution in [0.1, 0.15) is 24.2 Å². The molecule has 1 aliphatic heterocycles. The number of nitrogens with zero attached hydrogens (tertiary/aromatic N) is 1. The third-order valence-corrected chi connectivity index (χ3v) is 5.39. The van der Waals surface area contributed by atoms with E-state index in [4.69, 9.17) is 9.47 Å². The molecular weight excluding hydrogens is 430 g/mol. The summed E-state index contributed by atoms with van der Waals surface area (Å²) in [5.74, 6) is 1.17. The Hall–Kier alpha value is -3.84. The standard InChI is InChI=1S/C27H29N3O4/c1-19-17-30(18-20(2)33-19)27(32)21-11-13-22(14-12-21)28-16-26(31)29-23-7-6-10-25(15-23)34-24-8-4-3-5-9-24/h3-15,19-20,28H,16-18H2,1-2H3,(H,29,31). The number of carbonyl (C=O) groups excluding carboxylic acids is 2. The Morgan fingerprint density at radius 2 is 1.56 bits per heavy atom. The predicted octanol–water partition coefficient (Wildman–Crippen LogP) is 4.78. The molecule has 1 fully saturated rings. The first-order valence-corrected chi connectivity index (χ1v) is 11.4. The minimum Gasteiger partial charge on any atom is -0.457 e. The SMILES string of the molecule is CC1CN(C(=O)c2ccc(NCC(=O)Nc3cccc(Oc4ccccc4)c3)cc2)CC(C)O1. The highest BCUT2D eigenvalue weighted by Crippen LogP contribution is 2.24. The number of hydrogen-bond donors (Lipinski definition) is 2. The lowest BCUT2D eigenvalue weighted by Crippen LogP contribution is -2.48. The van der Waals surface area contributed by atoms with Crippen molar-refractivity contribution in [1.29, 1.82) is 0 Å². The van der Waals surface area contributed by atoms with Crippen molar-refractivity contribution < 1.29 is 19.1 Å². The van der Waals surface area contributed by atoms with E-state index in [9.17, 15) is 9.59 Å². The molecular formula is C27H29N3O4. The molecule has 0 spiro atoms. The molecule has 2 unspecified atom stereocenters. The summed E-state index contributed by atoms with van der Waals surface area (Å²) in [6.07, 6.45) is 0.0514. The normalized spacial score (nSPS) is 17.6. The first-order chi connectivity index (χ1) is 16.5. The predicted molar refractivity (Wildman–Crippen MR) is 132 cm³/mol. The van der Waals surface area contributed by atoms with Gasteiger partial charge in [0.2, 0.25) is 5.91 Å². The Balaban J connectivity index is 1.28. The van der Waals surface area contributed by atoms with Crippen molar-refractivity contribution in [1.82, 2.24) is 4.90 Å². The average Bonchev–Trinajstić information content (AvgIpc) is 2.83. The number of carbonyl (C=O) groups is 2. The second-order valence-corrected chi connectivity index (χ2v) is 8.39. The second-order valence-electron chi connectivity index (χ2n) is 8.39. The number of rotatable bonds is 7. The van der Waals surface area contributed by atoms with Gasteiger partial charge in [-0.15, -0.1) is 0 Å². The molecule has 3 aromatic carbocycles. The van der Waals surface area contributed by atoms with Crippen LogP contribution in [0.4, 0.5) is 11.4 Å². The number of amides is 2. The number of hydrogen-bond acceptors (Lipinski definition) is 5. The van der Waals surface area contributed by atoms with Gasteiger partial charge in [0.05, 0.1) is 18.8 Å². The Kier molecular flexibility index (Phi) is 7.44. The summed E-state index contributed by atoms with van der Waals surface area (Å²) in [6, 6.07) is 23.9. The second kappa shape index (κ2) is 10.9. The molecule has 176 valence electrons. The third kappa shape index (κ3) is 6.36. The highest BCUT2D eigenvalue weighted by Gasteiger charge is 2.26. The van der Waals surface area contributed by atoms with Gasteiger partial charge in [0.25, 0.3) is 5.91 Å². The third-order valence-electron chi connectivity index (χ3n) is 5.39. The molecule has 34 heavy (non-hydrogen) atoms. The van der Waals surface area contributed by atoms with E-state index in [0.717, 1.165) is 11.4 Å². The van der Waals surface area contributed by atoms with Crippen molar-refractivity contribution in [2.24, 2.45) is 0 Å². The molecule has 1 heterocycles. The van der Waals surface area contributed by atoms with Crippen LogP contribution in [0, 0.1) is 0 Å². The van der Waals surface area contributed by atoms with Gasteiger partial charge in [-0.2, -0.15) is 0 Å². The number of ether oxygens (including phenoxy) is 2. The molecule has 0 radical (unpaired) electrons. The molecule has 3 aromatic rings. The highest BCUT2D eigenvalue weighted by atomic mass is 16.5. The Labute approximate surface area is 199 Å². The van der Waals surface area contributed by atoms with Gasteiger partial charge in [0, 0.05) is 36.1 Å². The number of anilines is 2. The van der Waals surface area contributed by atoms with Gasteiger partial charge in [-0.25, -0.2) is 0 Å². The lowest BCUT2D eigenvalue weighted by atomic mass is 10.1. The van der Waals surface area contributed by atoms with Crippen LogP contribution in [-0.2, 0) is 9.53 Å². The fourth-order valence-corrected chi connectivity index (χ4v) is 3.91. The molecule has 2 amide bonds. The van der Waals surface area contributed by atoms with Gasteiger partial charge < -0.3 is 25.0 Å². The summed E-state index contributed by atoms with van der Waals surface area (Å²) in [5, 5.41) is 5.96. The maximum Gasteiger partial charge on any atom is 0.254 e. The number of morpholine rings is 1. The Bertz CT molecular complexity index is 1110. The summed E-state index contributed by atoms with van der Waals surface area (Å²) in [4.78, 5) is 27.0. The lowest BCUT2D eigenvalue weighted by Gasteiger charge is -2.35. The minimum atomic E-state index is -0.187. The van der Waals surface area contributed by atoms with Crippen LogP contribution in [0.3, 0.4) is 0 Å². The molecule has 0 bridgehead atoms. The molecule has 0 saturated carbocycles. The summed E-state index contributed by atoms with van der Waals surface area (Å²) in [7, 11) is 0. The van der Waals surface area contributed by atoms with E-state index in [1.165, 1.54) is 0 Å². The van der Waals surface area contributed by atoms with Gasteiger partial charge >= 0.3 is 0 Å². The van der Waals surface area contributed by atoms with Crippen molar-refractivity contribution >= 4 is 23.2 Å². The molecule has 0 aliphatic carbocycles. The lowest BCUT2D eigenvalue weighted by molar-refractivity contribution is -0.114. The van der Waals surface area contributed by atoms with Gasteiger partial charge in [-0.05, 0) is 62.4 Å². The average molecular weight is 460 g/mol. The molecule has 4 rings (SSSR count). The molecule has 7 heteroatoms. The smallest absolute Gasteiger partial charge is 0.254 e. The molecule has 2 N–H and O–H groups in total. The quantitative estimate of drug-likeness (QED) is 0.532. The van der Waals surface area contributed by atoms with Crippen molar-refractivity contribution in [2.75, 3.05) is 30.3 Å². The summed E-state index contributed by atoms with van der Waals surface area (Å²) < 4.78 is 11.5. The van der Waals surface area contributed by atoms with E-state index >= 15 is 0 Å². The van der Waals surface area contributed by atoms with Crippen molar-refractivity contribution in [3.05, 3.63) is 84.4 Å². The zero-order valence-corrected chi connectivity index (χ0v) is 19.4. The fourth-order valence-electron chi connectivity index (χ4n) is 3.91. The maximum atomic E-state index is 12.8. The molecule has 0 aromatic heterocycles. The molecule has 1 aliphatic rings. The highest BCUT2D eigenvalue weighted by molar-refractivity contribution is 5.95. The van der Waals surface area contributed by atoms with Crippen LogP contribution in [0.25, 0.3) is 0 Å². The summed E-state index contributed by atoms with van der Waals surface area (Å²) >= 11 is 0. The van der Waals surface area contributed by atoms with Gasteiger partial charge in [0.1, 0.15) is 11.5 Å². The molecule has 7 nitrogen and oxygen atoms in total. The van der Waals surface area contributed by atoms with E-state index in [-0.39, 0.29) is 30.6 Å². The molecule has 2 atom stereocenters. The van der Waals surface area contributed by atoms with E-state index in [1.807, 2.05) is 79.4 Å². The summed E-state index contributed by atoms with van der Waals surface area (Å²) in [6.45, 7) is 5.21. The Morgan fingerprint density at radius 3 is 2.26 bits per heavy atom. The largest absolute Gasteiger partial charge is 0.457 e. The van der Waals surface area contributed by atoms with E-state index in [1.54, 1.807) is 18.2 Å². The molecule has 1 saturated heterocycles. The van der Waals surface area contributed by atoms with Gasteiger partial charge in [-0.3, -0.25) is 9.59 Å². The van der Waals surface area contributed by atoms with Crippen LogP contribution in [0.5, 0.6) is 11.5 Å². The fraction of sp³-hybridized carbons (Fsp3) is 0.259. The van der Waals surface area contributed by atoms with Crippen molar-refractivity contribution in [3.8, 4) is 11.5 Å². The Morgan fingerprint density at radius 1 is 0.882 bits per heavy atom. The van der Waals surface area contributed by atoms with E-state index in [2.05, 4.69) is 10.6 Å².